The number of hydrogen-bond donors (Lipinski definition) is 0. The van der Waals surface area contributed by atoms with Gasteiger partial charge in [-0.3, -0.25) is 4.79 Å². The molecule has 1 fully saturated rings. The van der Waals surface area contributed by atoms with E-state index < -0.39 is 12.1 Å². The maximum absolute atomic E-state index is 12.5. The Labute approximate surface area is 158 Å². The van der Waals surface area contributed by atoms with Crippen LogP contribution in [0.25, 0.3) is 6.08 Å². The summed E-state index contributed by atoms with van der Waals surface area (Å²) in [7, 11) is 0. The summed E-state index contributed by atoms with van der Waals surface area (Å²) in [6.45, 7) is 0.575. The lowest BCUT2D eigenvalue weighted by molar-refractivity contribution is -0.144. The largest absolute Gasteiger partial charge is 0.452 e. The number of halogens is 1. The maximum atomic E-state index is 12.5. The minimum atomic E-state index is -0.515. The molecular formula is C20H15BrO5. The number of hydrogen-bond acceptors (Lipinski definition) is 5. The first-order valence-corrected chi connectivity index (χ1v) is 9.06. The van der Waals surface area contributed by atoms with E-state index in [0.29, 0.717) is 30.1 Å². The Kier molecular flexibility index (Phi) is 4.61. The quantitative estimate of drug-likeness (QED) is 0.428. The number of ketones is 1. The first kappa shape index (κ1) is 17.0. The van der Waals surface area contributed by atoms with Gasteiger partial charge in [0.25, 0.3) is 0 Å². The smallest absolute Gasteiger partial charge is 0.340 e. The SMILES string of the molecule is O=C1/C(=C/c2ccc(Br)cc2)Oc2cc(OC(=O)C3CCCO3)ccc21. The highest BCUT2D eigenvalue weighted by Crippen LogP contribution is 2.35. The molecule has 6 heteroatoms. The van der Waals surface area contributed by atoms with Gasteiger partial charge in [0, 0.05) is 17.1 Å². The van der Waals surface area contributed by atoms with E-state index in [2.05, 4.69) is 15.9 Å². The molecule has 2 aromatic rings. The molecule has 0 aromatic heterocycles. The Morgan fingerprint density at radius 3 is 2.73 bits per heavy atom. The van der Waals surface area contributed by atoms with E-state index in [1.807, 2.05) is 24.3 Å². The van der Waals surface area contributed by atoms with Crippen molar-refractivity contribution in [2.75, 3.05) is 6.61 Å². The van der Waals surface area contributed by atoms with Gasteiger partial charge in [0.2, 0.25) is 5.78 Å². The number of ether oxygens (including phenoxy) is 3. The molecule has 2 aromatic carbocycles. The topological polar surface area (TPSA) is 61.8 Å². The van der Waals surface area contributed by atoms with Crippen LogP contribution in [0.2, 0.25) is 0 Å². The summed E-state index contributed by atoms with van der Waals surface area (Å²) in [4.78, 5) is 24.5. The normalized spacial score (nSPS) is 20.1. The fourth-order valence-electron chi connectivity index (χ4n) is 2.89. The number of carbonyl (C=O) groups excluding carboxylic acids is 2. The third kappa shape index (κ3) is 3.43. The molecule has 2 aliphatic heterocycles. The number of benzene rings is 2. The Hall–Kier alpha value is -2.44. The zero-order valence-corrected chi connectivity index (χ0v) is 15.3. The highest BCUT2D eigenvalue weighted by atomic mass is 79.9. The van der Waals surface area contributed by atoms with Crippen molar-refractivity contribution in [1.29, 1.82) is 0 Å². The lowest BCUT2D eigenvalue weighted by Crippen LogP contribution is -2.24. The second kappa shape index (κ2) is 7.05. The van der Waals surface area contributed by atoms with Crippen LogP contribution in [-0.2, 0) is 9.53 Å². The summed E-state index contributed by atoms with van der Waals surface area (Å²) in [5, 5.41) is 0. The first-order valence-electron chi connectivity index (χ1n) is 8.27. The fraction of sp³-hybridized carbons (Fsp3) is 0.200. The van der Waals surface area contributed by atoms with E-state index in [9.17, 15) is 9.59 Å². The predicted molar refractivity (Wildman–Crippen MR) is 98.1 cm³/mol. The number of carbonyl (C=O) groups is 2. The van der Waals surface area contributed by atoms with E-state index in [0.717, 1.165) is 16.5 Å². The Bertz CT molecular complexity index is 895. The minimum Gasteiger partial charge on any atom is -0.452 e. The lowest BCUT2D eigenvalue weighted by Gasteiger charge is -2.09. The number of Topliss-reactive ketones (excluding diaryl/α,β-unsaturated/α-hetero) is 1. The van der Waals surface area contributed by atoms with Crippen LogP contribution in [0.3, 0.4) is 0 Å². The van der Waals surface area contributed by atoms with E-state index in [1.54, 1.807) is 24.3 Å². The third-order valence-corrected chi connectivity index (χ3v) is 4.75. The van der Waals surface area contributed by atoms with Crippen LogP contribution in [0.4, 0.5) is 0 Å². The van der Waals surface area contributed by atoms with E-state index in [4.69, 9.17) is 14.2 Å². The van der Waals surface area contributed by atoms with Crippen LogP contribution in [0.1, 0.15) is 28.8 Å². The second-order valence-electron chi connectivity index (χ2n) is 6.07. The molecule has 0 spiro atoms. The van der Waals surface area contributed by atoms with Gasteiger partial charge in [-0.25, -0.2) is 4.79 Å². The van der Waals surface area contributed by atoms with E-state index in [1.165, 1.54) is 0 Å². The van der Waals surface area contributed by atoms with Gasteiger partial charge in [0.05, 0.1) is 5.56 Å². The minimum absolute atomic E-state index is 0.195. The average Bonchev–Trinajstić information content (AvgIpc) is 3.26. The molecule has 0 radical (unpaired) electrons. The molecule has 0 saturated carbocycles. The van der Waals surface area contributed by atoms with E-state index >= 15 is 0 Å². The molecule has 1 saturated heterocycles. The van der Waals surface area contributed by atoms with Crippen molar-refractivity contribution in [3.63, 3.8) is 0 Å². The van der Waals surface area contributed by atoms with Crippen molar-refractivity contribution in [2.24, 2.45) is 0 Å². The molecule has 0 bridgehead atoms. The lowest BCUT2D eigenvalue weighted by atomic mass is 10.1. The third-order valence-electron chi connectivity index (χ3n) is 4.22. The van der Waals surface area contributed by atoms with Crippen LogP contribution >= 0.6 is 15.9 Å². The zero-order valence-electron chi connectivity index (χ0n) is 13.7. The predicted octanol–water partition coefficient (Wildman–Crippen LogP) is 4.15. The highest BCUT2D eigenvalue weighted by molar-refractivity contribution is 9.10. The van der Waals surface area contributed by atoms with Crippen molar-refractivity contribution in [3.05, 3.63) is 63.8 Å². The van der Waals surface area contributed by atoms with Gasteiger partial charge >= 0.3 is 5.97 Å². The molecule has 0 aliphatic carbocycles. The molecule has 26 heavy (non-hydrogen) atoms. The Morgan fingerprint density at radius 1 is 1.19 bits per heavy atom. The number of allylic oxidation sites excluding steroid dienone is 1. The summed E-state index contributed by atoms with van der Waals surface area (Å²) < 4.78 is 17.3. The molecule has 1 unspecified atom stereocenters. The molecule has 0 N–H and O–H groups in total. The molecule has 5 nitrogen and oxygen atoms in total. The molecule has 2 heterocycles. The molecule has 132 valence electrons. The van der Waals surface area contributed by atoms with Crippen LogP contribution in [0.15, 0.2) is 52.7 Å². The van der Waals surface area contributed by atoms with Crippen LogP contribution in [0.5, 0.6) is 11.5 Å². The molecule has 1 atom stereocenters. The molecule has 0 amide bonds. The fourth-order valence-corrected chi connectivity index (χ4v) is 3.15. The van der Waals surface area contributed by atoms with Gasteiger partial charge in [0.1, 0.15) is 11.5 Å². The maximum Gasteiger partial charge on any atom is 0.340 e. The van der Waals surface area contributed by atoms with Crippen LogP contribution in [-0.4, -0.2) is 24.5 Å². The van der Waals surface area contributed by atoms with E-state index in [-0.39, 0.29) is 11.5 Å². The van der Waals surface area contributed by atoms with Gasteiger partial charge in [-0.05, 0) is 48.7 Å². The molecule has 4 rings (SSSR count). The summed E-state index contributed by atoms with van der Waals surface area (Å²) in [6, 6.07) is 12.3. The Morgan fingerprint density at radius 2 is 2.00 bits per heavy atom. The zero-order chi connectivity index (χ0) is 18.1. The number of fused-ring (bicyclic) bond motifs is 1. The van der Waals surface area contributed by atoms with Gasteiger partial charge in [0.15, 0.2) is 11.9 Å². The van der Waals surface area contributed by atoms with Crippen molar-refractivity contribution >= 4 is 33.8 Å². The summed E-state index contributed by atoms with van der Waals surface area (Å²) in [5.74, 6) is 0.347. The van der Waals surface area contributed by atoms with Gasteiger partial charge in [-0.15, -0.1) is 0 Å². The standard InChI is InChI=1S/C20H15BrO5/c21-13-5-3-12(4-6-13)10-18-19(22)15-8-7-14(11-17(15)26-18)25-20(23)16-2-1-9-24-16/h3-8,10-11,16H,1-2,9H2/b18-10-. The van der Waals surface area contributed by atoms with Crippen molar-refractivity contribution in [1.82, 2.24) is 0 Å². The average molecular weight is 415 g/mol. The highest BCUT2D eigenvalue weighted by Gasteiger charge is 2.29. The van der Waals surface area contributed by atoms with Crippen molar-refractivity contribution in [2.45, 2.75) is 18.9 Å². The first-order chi connectivity index (χ1) is 12.6. The van der Waals surface area contributed by atoms with Gasteiger partial charge in [-0.2, -0.15) is 0 Å². The van der Waals surface area contributed by atoms with Gasteiger partial charge < -0.3 is 14.2 Å². The molecular weight excluding hydrogens is 400 g/mol. The van der Waals surface area contributed by atoms with Crippen LogP contribution < -0.4 is 9.47 Å². The van der Waals surface area contributed by atoms with Crippen LogP contribution in [0, 0.1) is 0 Å². The Balaban J connectivity index is 1.52. The summed E-state index contributed by atoms with van der Waals surface area (Å²) in [5.41, 5.74) is 1.31. The summed E-state index contributed by atoms with van der Waals surface area (Å²) in [6.07, 6.45) is 2.69. The number of rotatable bonds is 3. The second-order valence-corrected chi connectivity index (χ2v) is 6.99. The summed E-state index contributed by atoms with van der Waals surface area (Å²) >= 11 is 3.38. The van der Waals surface area contributed by atoms with Gasteiger partial charge in [-0.1, -0.05) is 28.1 Å². The van der Waals surface area contributed by atoms with Crippen molar-refractivity contribution in [3.8, 4) is 11.5 Å². The number of esters is 1. The van der Waals surface area contributed by atoms with Crippen molar-refractivity contribution < 1.29 is 23.8 Å². The molecule has 2 aliphatic rings. The monoisotopic (exact) mass is 414 g/mol.